The van der Waals surface area contributed by atoms with Gasteiger partial charge in [-0.2, -0.15) is 0 Å². The van der Waals surface area contributed by atoms with E-state index in [0.717, 1.165) is 25.9 Å². The average molecular weight is 310 g/mol. The Morgan fingerprint density at radius 1 is 0.955 bits per heavy atom. The quantitative estimate of drug-likeness (QED) is 0.741. The average Bonchev–Trinajstić information content (AvgIpc) is 3.10. The van der Waals surface area contributed by atoms with Crippen molar-refractivity contribution in [3.63, 3.8) is 0 Å². The van der Waals surface area contributed by atoms with Crippen molar-refractivity contribution >= 4 is 17.8 Å². The van der Waals surface area contributed by atoms with Crippen molar-refractivity contribution in [3.05, 3.63) is 0 Å². The van der Waals surface area contributed by atoms with Gasteiger partial charge >= 0.3 is 6.03 Å². The van der Waals surface area contributed by atoms with E-state index in [0.29, 0.717) is 25.9 Å². The summed E-state index contributed by atoms with van der Waals surface area (Å²) in [5.74, 6) is 0.326. The molecule has 2 N–H and O–H groups in total. The van der Waals surface area contributed by atoms with Gasteiger partial charge in [0.15, 0.2) is 0 Å². The molecule has 2 atom stereocenters. The fraction of sp³-hybridized carbons (Fsp3) is 0.800. The molecule has 0 aromatic heterocycles. The van der Waals surface area contributed by atoms with Crippen LogP contribution in [0.4, 0.5) is 4.79 Å². The van der Waals surface area contributed by atoms with Crippen LogP contribution in [0.1, 0.15) is 39.5 Å². The Labute approximate surface area is 131 Å². The van der Waals surface area contributed by atoms with Gasteiger partial charge in [-0.3, -0.25) is 9.59 Å². The summed E-state index contributed by atoms with van der Waals surface area (Å²) in [6.45, 7) is 6.31. The molecule has 0 aromatic carbocycles. The summed E-state index contributed by atoms with van der Waals surface area (Å²) < 4.78 is 0. The number of nitrogens with zero attached hydrogens (tertiary/aromatic N) is 2. The number of hydrogen-bond donors (Lipinski definition) is 2. The Morgan fingerprint density at radius 2 is 1.36 bits per heavy atom. The van der Waals surface area contributed by atoms with Gasteiger partial charge < -0.3 is 20.4 Å². The molecule has 22 heavy (non-hydrogen) atoms. The van der Waals surface area contributed by atoms with Crippen LogP contribution < -0.4 is 10.6 Å². The summed E-state index contributed by atoms with van der Waals surface area (Å²) in [6, 6.07) is -0.228. The third-order valence-electron chi connectivity index (χ3n) is 4.40. The summed E-state index contributed by atoms with van der Waals surface area (Å²) in [7, 11) is 0. The number of likely N-dealkylation sites (tertiary alicyclic amines) is 2. The van der Waals surface area contributed by atoms with Crippen LogP contribution in [0.5, 0.6) is 0 Å². The maximum atomic E-state index is 11.8. The molecule has 2 aliphatic rings. The van der Waals surface area contributed by atoms with E-state index in [2.05, 4.69) is 10.6 Å². The topological polar surface area (TPSA) is 81.8 Å². The summed E-state index contributed by atoms with van der Waals surface area (Å²) in [5.41, 5.74) is 0. The second-order valence-electron chi connectivity index (χ2n) is 6.17. The molecule has 2 unspecified atom stereocenters. The predicted octanol–water partition coefficient (Wildman–Crippen LogP) is 0.307. The van der Waals surface area contributed by atoms with Crippen LogP contribution in [-0.2, 0) is 9.59 Å². The molecule has 2 aliphatic heterocycles. The van der Waals surface area contributed by atoms with Crippen molar-refractivity contribution in [1.82, 2.24) is 20.4 Å². The van der Waals surface area contributed by atoms with E-state index in [1.54, 1.807) is 0 Å². The van der Waals surface area contributed by atoms with E-state index in [4.69, 9.17) is 0 Å². The third kappa shape index (κ3) is 4.11. The first-order chi connectivity index (χ1) is 10.5. The highest BCUT2D eigenvalue weighted by molar-refractivity contribution is 5.79. The van der Waals surface area contributed by atoms with E-state index in [-0.39, 0.29) is 29.9 Å². The Morgan fingerprint density at radius 3 is 1.68 bits per heavy atom. The van der Waals surface area contributed by atoms with E-state index < -0.39 is 0 Å². The van der Waals surface area contributed by atoms with Crippen molar-refractivity contribution < 1.29 is 14.4 Å². The number of carbonyl (C=O) groups excluding carboxylic acids is 3. The number of nitrogens with one attached hydrogen (secondary N) is 2. The molecule has 2 fully saturated rings. The van der Waals surface area contributed by atoms with Gasteiger partial charge in [0.25, 0.3) is 0 Å². The van der Waals surface area contributed by atoms with Gasteiger partial charge in [0.05, 0.1) is 0 Å². The maximum absolute atomic E-state index is 11.8. The number of amides is 4. The zero-order valence-corrected chi connectivity index (χ0v) is 13.4. The molecule has 2 saturated heterocycles. The minimum absolute atomic E-state index is 0.0123. The highest BCUT2D eigenvalue weighted by atomic mass is 16.2. The van der Waals surface area contributed by atoms with E-state index in [1.165, 1.54) is 0 Å². The van der Waals surface area contributed by atoms with Gasteiger partial charge in [-0.1, -0.05) is 0 Å². The summed E-state index contributed by atoms with van der Waals surface area (Å²) >= 11 is 0. The number of carbonyl (C=O) groups is 3. The minimum Gasteiger partial charge on any atom is -0.338 e. The van der Waals surface area contributed by atoms with Crippen LogP contribution in [0.15, 0.2) is 0 Å². The summed E-state index contributed by atoms with van der Waals surface area (Å²) in [6.07, 6.45) is 3.02. The molecule has 4 amide bonds. The summed E-state index contributed by atoms with van der Waals surface area (Å²) in [4.78, 5) is 38.7. The minimum atomic E-state index is -0.253. The van der Waals surface area contributed by atoms with Crippen molar-refractivity contribution in [3.8, 4) is 0 Å². The van der Waals surface area contributed by atoms with Gasteiger partial charge in [0, 0.05) is 51.1 Å². The Kier molecular flexibility index (Phi) is 5.63. The van der Waals surface area contributed by atoms with Crippen LogP contribution >= 0.6 is 0 Å². The first kappa shape index (κ1) is 16.6. The zero-order chi connectivity index (χ0) is 16.1. The largest absolute Gasteiger partial charge is 0.338 e. The van der Waals surface area contributed by atoms with Crippen molar-refractivity contribution in [2.45, 2.75) is 51.6 Å². The Balaban J connectivity index is 1.65. The van der Waals surface area contributed by atoms with E-state index in [1.807, 2.05) is 23.6 Å². The van der Waals surface area contributed by atoms with Gasteiger partial charge in [-0.25, -0.2) is 4.79 Å². The van der Waals surface area contributed by atoms with Crippen molar-refractivity contribution in [1.29, 1.82) is 0 Å². The molecule has 7 nitrogen and oxygen atoms in total. The van der Waals surface area contributed by atoms with E-state index in [9.17, 15) is 14.4 Å². The number of urea groups is 1. The highest BCUT2D eigenvalue weighted by Crippen LogP contribution is 2.13. The zero-order valence-electron chi connectivity index (χ0n) is 13.4. The molecule has 124 valence electrons. The van der Waals surface area contributed by atoms with E-state index >= 15 is 0 Å². The highest BCUT2D eigenvalue weighted by Gasteiger charge is 2.26. The number of hydrogen-bond acceptors (Lipinski definition) is 3. The molecule has 0 aliphatic carbocycles. The van der Waals surface area contributed by atoms with Gasteiger partial charge in [-0.05, 0) is 26.7 Å². The smallest absolute Gasteiger partial charge is 0.314 e. The molecule has 0 spiro atoms. The molecule has 7 heteroatoms. The van der Waals surface area contributed by atoms with Gasteiger partial charge in [0.2, 0.25) is 11.8 Å². The molecule has 0 aromatic rings. The monoisotopic (exact) mass is 310 g/mol. The second-order valence-corrected chi connectivity index (χ2v) is 6.17. The lowest BCUT2D eigenvalue weighted by molar-refractivity contribution is -0.130. The molecular formula is C15H26N4O3. The lowest BCUT2D eigenvalue weighted by Crippen LogP contribution is -2.48. The first-order valence-electron chi connectivity index (χ1n) is 8.09. The molecule has 0 bridgehead atoms. The molecule has 0 radical (unpaired) electrons. The second kappa shape index (κ2) is 7.47. The fourth-order valence-electron chi connectivity index (χ4n) is 3.03. The van der Waals surface area contributed by atoms with Crippen molar-refractivity contribution in [2.24, 2.45) is 0 Å². The lowest BCUT2D eigenvalue weighted by atomic mass is 10.3. The first-order valence-corrected chi connectivity index (χ1v) is 8.09. The van der Waals surface area contributed by atoms with Crippen molar-refractivity contribution in [2.75, 3.05) is 26.2 Å². The fourth-order valence-corrected chi connectivity index (χ4v) is 3.03. The maximum Gasteiger partial charge on any atom is 0.314 e. The van der Waals surface area contributed by atoms with Crippen LogP contribution in [0.2, 0.25) is 0 Å². The molecule has 2 rings (SSSR count). The van der Waals surface area contributed by atoms with Crippen LogP contribution in [0.25, 0.3) is 0 Å². The Hall–Kier alpha value is -1.79. The summed E-state index contributed by atoms with van der Waals surface area (Å²) in [5, 5.41) is 5.58. The van der Waals surface area contributed by atoms with Crippen LogP contribution in [0.3, 0.4) is 0 Å². The SMILES string of the molecule is CC(CNC(=O)NCC(C)N1CCCC1=O)N1CCCC1=O. The number of rotatable bonds is 6. The Bertz CT molecular complexity index is 403. The van der Waals surface area contributed by atoms with Crippen LogP contribution in [-0.4, -0.2) is 65.9 Å². The van der Waals surface area contributed by atoms with Gasteiger partial charge in [-0.15, -0.1) is 0 Å². The molecule has 2 heterocycles. The van der Waals surface area contributed by atoms with Gasteiger partial charge in [0.1, 0.15) is 0 Å². The molecular weight excluding hydrogens is 284 g/mol. The third-order valence-corrected chi connectivity index (χ3v) is 4.40. The molecule has 0 saturated carbocycles. The lowest BCUT2D eigenvalue weighted by Gasteiger charge is -2.26. The standard InChI is InChI=1S/C15H26N4O3/c1-11(18-7-3-5-13(18)20)9-16-15(22)17-10-12(2)19-8-4-6-14(19)21/h11-12H,3-10H2,1-2H3,(H2,16,17,22). The predicted molar refractivity (Wildman–Crippen MR) is 82.2 cm³/mol. The normalized spacial score (nSPS) is 21.2. The van der Waals surface area contributed by atoms with Crippen LogP contribution in [0, 0.1) is 0 Å².